The molecule has 0 aliphatic carbocycles. The molecule has 0 aromatic heterocycles. The fourth-order valence-corrected chi connectivity index (χ4v) is 0.642. The largest absolute Gasteiger partial charge is 0.378 e. The zero-order valence-corrected chi connectivity index (χ0v) is 7.29. The lowest BCUT2D eigenvalue weighted by Gasteiger charge is -2.09. The maximum absolute atomic E-state index is 5.36. The van der Waals surface area contributed by atoms with Crippen molar-refractivity contribution in [1.29, 1.82) is 0 Å². The van der Waals surface area contributed by atoms with Gasteiger partial charge in [0.05, 0.1) is 12.7 Å². The summed E-state index contributed by atoms with van der Waals surface area (Å²) in [5, 5.41) is 0. The Morgan fingerprint density at radius 2 is 2.00 bits per heavy atom. The minimum absolute atomic E-state index is 0.327. The van der Waals surface area contributed by atoms with Gasteiger partial charge in [0.25, 0.3) is 0 Å². The Hall–Kier alpha value is -0.370. The zero-order valence-electron chi connectivity index (χ0n) is 7.29. The summed E-state index contributed by atoms with van der Waals surface area (Å²) < 4.78 is 5.36. The van der Waals surface area contributed by atoms with E-state index in [1.54, 1.807) is 7.05 Å². The lowest BCUT2D eigenvalue weighted by Crippen LogP contribution is -2.11. The van der Waals surface area contributed by atoms with Crippen molar-refractivity contribution < 1.29 is 4.74 Å². The third kappa shape index (κ3) is 5.76. The third-order valence-corrected chi connectivity index (χ3v) is 1.10. The Bertz CT molecular complexity index is 99.4. The molecule has 1 atom stereocenters. The van der Waals surface area contributed by atoms with Crippen molar-refractivity contribution in [2.24, 2.45) is 10.9 Å². The molecule has 0 aliphatic heterocycles. The highest BCUT2D eigenvalue weighted by Crippen LogP contribution is 1.95. The SMILES string of the molecule is C/N=C/C(C)COC(C)C. The molecule has 1 unspecified atom stereocenters. The first kappa shape index (κ1) is 9.63. The van der Waals surface area contributed by atoms with Gasteiger partial charge in [0.15, 0.2) is 0 Å². The van der Waals surface area contributed by atoms with Crippen LogP contribution in [0, 0.1) is 5.92 Å². The third-order valence-electron chi connectivity index (χ3n) is 1.10. The molecule has 0 aliphatic rings. The molecule has 0 saturated carbocycles. The predicted octanol–water partition coefficient (Wildman–Crippen LogP) is 1.75. The molecule has 10 heavy (non-hydrogen) atoms. The Labute approximate surface area is 63.3 Å². The van der Waals surface area contributed by atoms with Gasteiger partial charge >= 0.3 is 0 Å². The highest BCUT2D eigenvalue weighted by Gasteiger charge is 1.98. The Morgan fingerprint density at radius 1 is 1.40 bits per heavy atom. The van der Waals surface area contributed by atoms with E-state index in [0.29, 0.717) is 12.0 Å². The van der Waals surface area contributed by atoms with Gasteiger partial charge in [-0.15, -0.1) is 0 Å². The van der Waals surface area contributed by atoms with Gasteiger partial charge in [0, 0.05) is 19.2 Å². The normalized spacial score (nSPS) is 14.9. The molecule has 0 fully saturated rings. The fourth-order valence-electron chi connectivity index (χ4n) is 0.642. The number of hydrogen-bond acceptors (Lipinski definition) is 2. The van der Waals surface area contributed by atoms with Gasteiger partial charge in [-0.1, -0.05) is 6.92 Å². The standard InChI is InChI=1S/C8H17NO/c1-7(2)10-6-8(3)5-9-4/h5,7-8H,6H2,1-4H3/b9-5+. The quantitative estimate of drug-likeness (QED) is 0.549. The van der Waals surface area contributed by atoms with Crippen LogP contribution in [0.3, 0.4) is 0 Å². The van der Waals surface area contributed by atoms with E-state index >= 15 is 0 Å². The second kappa shape index (κ2) is 5.42. The molecule has 0 bridgehead atoms. The van der Waals surface area contributed by atoms with Gasteiger partial charge in [-0.25, -0.2) is 0 Å². The molecule has 0 radical (unpaired) electrons. The minimum Gasteiger partial charge on any atom is -0.378 e. The van der Waals surface area contributed by atoms with Crippen molar-refractivity contribution in [2.75, 3.05) is 13.7 Å². The summed E-state index contributed by atoms with van der Waals surface area (Å²) in [4.78, 5) is 3.91. The predicted molar refractivity (Wildman–Crippen MR) is 44.7 cm³/mol. The van der Waals surface area contributed by atoms with Gasteiger partial charge in [0.1, 0.15) is 0 Å². The Kier molecular flexibility index (Phi) is 5.22. The van der Waals surface area contributed by atoms with Crippen molar-refractivity contribution in [3.63, 3.8) is 0 Å². The summed E-state index contributed by atoms with van der Waals surface area (Å²) in [6, 6.07) is 0. The highest BCUT2D eigenvalue weighted by molar-refractivity contribution is 5.59. The second-order valence-electron chi connectivity index (χ2n) is 2.77. The van der Waals surface area contributed by atoms with E-state index in [-0.39, 0.29) is 0 Å². The molecule has 0 spiro atoms. The summed E-state index contributed by atoms with van der Waals surface area (Å²) in [7, 11) is 1.78. The molecule has 0 N–H and O–H groups in total. The van der Waals surface area contributed by atoms with Gasteiger partial charge in [-0.2, -0.15) is 0 Å². The highest BCUT2D eigenvalue weighted by atomic mass is 16.5. The van der Waals surface area contributed by atoms with Crippen LogP contribution in [0.25, 0.3) is 0 Å². The van der Waals surface area contributed by atoms with Crippen LogP contribution >= 0.6 is 0 Å². The topological polar surface area (TPSA) is 21.6 Å². The van der Waals surface area contributed by atoms with Crippen molar-refractivity contribution in [3.05, 3.63) is 0 Å². The maximum atomic E-state index is 5.36. The Morgan fingerprint density at radius 3 is 2.40 bits per heavy atom. The number of aliphatic imine (C=N–C) groups is 1. The molecule has 0 heterocycles. The molecule has 2 nitrogen and oxygen atoms in total. The van der Waals surface area contributed by atoms with Crippen molar-refractivity contribution >= 4 is 6.21 Å². The maximum Gasteiger partial charge on any atom is 0.0544 e. The number of hydrogen-bond donors (Lipinski definition) is 0. The first-order valence-electron chi connectivity index (χ1n) is 3.70. The van der Waals surface area contributed by atoms with Crippen LogP contribution in [0.4, 0.5) is 0 Å². The van der Waals surface area contributed by atoms with Crippen LogP contribution in [0.15, 0.2) is 4.99 Å². The van der Waals surface area contributed by atoms with Gasteiger partial charge in [-0.05, 0) is 13.8 Å². The van der Waals surface area contributed by atoms with E-state index in [9.17, 15) is 0 Å². The van der Waals surface area contributed by atoms with Crippen LogP contribution in [0.2, 0.25) is 0 Å². The molecule has 0 rings (SSSR count). The van der Waals surface area contributed by atoms with E-state index in [2.05, 4.69) is 11.9 Å². The summed E-state index contributed by atoms with van der Waals surface area (Å²) in [6.45, 7) is 6.94. The molecule has 0 amide bonds. The van der Waals surface area contributed by atoms with Crippen molar-refractivity contribution in [2.45, 2.75) is 26.9 Å². The molecule has 0 aromatic rings. The minimum atomic E-state index is 0.327. The fraction of sp³-hybridized carbons (Fsp3) is 0.875. The van der Waals surface area contributed by atoms with E-state index in [0.717, 1.165) is 6.61 Å². The van der Waals surface area contributed by atoms with Crippen LogP contribution < -0.4 is 0 Å². The van der Waals surface area contributed by atoms with Crippen LogP contribution in [-0.4, -0.2) is 26.0 Å². The van der Waals surface area contributed by atoms with E-state index in [1.165, 1.54) is 0 Å². The molecule has 2 heteroatoms. The molecule has 0 saturated heterocycles. The first-order chi connectivity index (χ1) is 4.66. The van der Waals surface area contributed by atoms with Gasteiger partial charge in [-0.3, -0.25) is 0 Å². The summed E-state index contributed by atoms with van der Waals surface area (Å²) >= 11 is 0. The monoisotopic (exact) mass is 143 g/mol. The van der Waals surface area contributed by atoms with Crippen molar-refractivity contribution in [1.82, 2.24) is 0 Å². The first-order valence-corrected chi connectivity index (χ1v) is 3.70. The second-order valence-corrected chi connectivity index (χ2v) is 2.77. The summed E-state index contributed by atoms with van der Waals surface area (Å²) in [5.74, 6) is 0.437. The smallest absolute Gasteiger partial charge is 0.0544 e. The molecular weight excluding hydrogens is 126 g/mol. The van der Waals surface area contributed by atoms with Gasteiger partial charge < -0.3 is 9.73 Å². The van der Waals surface area contributed by atoms with E-state index in [1.807, 2.05) is 20.1 Å². The lowest BCUT2D eigenvalue weighted by molar-refractivity contribution is 0.0690. The molecular formula is C8H17NO. The molecule has 60 valence electrons. The zero-order chi connectivity index (χ0) is 7.98. The average molecular weight is 143 g/mol. The Balaban J connectivity index is 3.30. The summed E-state index contributed by atoms with van der Waals surface area (Å²) in [5.41, 5.74) is 0. The van der Waals surface area contributed by atoms with Crippen LogP contribution in [0.1, 0.15) is 20.8 Å². The van der Waals surface area contributed by atoms with Crippen LogP contribution in [0.5, 0.6) is 0 Å². The number of nitrogens with zero attached hydrogens (tertiary/aromatic N) is 1. The van der Waals surface area contributed by atoms with Crippen LogP contribution in [-0.2, 0) is 4.74 Å². The van der Waals surface area contributed by atoms with Gasteiger partial charge in [0.2, 0.25) is 0 Å². The lowest BCUT2D eigenvalue weighted by atomic mass is 10.2. The van der Waals surface area contributed by atoms with Crippen molar-refractivity contribution in [3.8, 4) is 0 Å². The number of ether oxygens (including phenoxy) is 1. The number of rotatable bonds is 4. The summed E-state index contributed by atoms with van der Waals surface area (Å²) in [6.07, 6.45) is 2.23. The van der Waals surface area contributed by atoms with E-state index < -0.39 is 0 Å². The van der Waals surface area contributed by atoms with E-state index in [4.69, 9.17) is 4.74 Å². The molecule has 0 aromatic carbocycles. The average Bonchev–Trinajstić information content (AvgIpc) is 1.85.